The monoisotopic (exact) mass is 268 g/mol. The minimum atomic E-state index is 0.589. The van der Waals surface area contributed by atoms with E-state index in [1.54, 1.807) is 12.4 Å². The molecule has 1 N–H and O–H groups in total. The van der Waals surface area contributed by atoms with E-state index < -0.39 is 0 Å². The van der Waals surface area contributed by atoms with Crippen LogP contribution in [-0.2, 0) is 0 Å². The Hall–Kier alpha value is -1.97. The minimum absolute atomic E-state index is 0.589. The van der Waals surface area contributed by atoms with Crippen LogP contribution in [0.1, 0.15) is 31.9 Å². The Kier molecular flexibility index (Phi) is 3.63. The van der Waals surface area contributed by atoms with Gasteiger partial charge < -0.3 is 5.32 Å². The first-order valence-electron chi connectivity index (χ1n) is 7.29. The number of aryl methyl sites for hydroxylation is 1. The molecule has 1 fully saturated rings. The molecule has 0 bridgehead atoms. The molecule has 0 amide bonds. The Bertz CT molecular complexity index is 582. The molecular formula is C16H20N4. The Morgan fingerprint density at radius 2 is 2.25 bits per heavy atom. The second kappa shape index (κ2) is 5.57. The van der Waals surface area contributed by atoms with Gasteiger partial charge in [-0.2, -0.15) is 0 Å². The first kappa shape index (κ1) is 13.0. The average molecular weight is 268 g/mol. The maximum absolute atomic E-state index is 4.62. The van der Waals surface area contributed by atoms with Crippen molar-refractivity contribution in [1.82, 2.24) is 15.0 Å². The van der Waals surface area contributed by atoms with Crippen LogP contribution in [0.2, 0.25) is 0 Å². The van der Waals surface area contributed by atoms with E-state index in [0.29, 0.717) is 6.04 Å². The molecule has 0 aromatic carbocycles. The Labute approximate surface area is 119 Å². The van der Waals surface area contributed by atoms with E-state index in [0.717, 1.165) is 28.8 Å². The molecule has 4 heteroatoms. The van der Waals surface area contributed by atoms with Crippen molar-refractivity contribution in [3.8, 4) is 11.4 Å². The van der Waals surface area contributed by atoms with E-state index in [2.05, 4.69) is 27.2 Å². The molecule has 3 rings (SSSR count). The number of nitrogens with zero attached hydrogens (tertiary/aromatic N) is 3. The number of nitrogens with one attached hydrogen (secondary N) is 1. The Morgan fingerprint density at radius 3 is 3.00 bits per heavy atom. The molecule has 2 heterocycles. The van der Waals surface area contributed by atoms with E-state index in [1.807, 2.05) is 25.1 Å². The van der Waals surface area contributed by atoms with Crippen molar-refractivity contribution in [2.24, 2.45) is 5.92 Å². The molecule has 20 heavy (non-hydrogen) atoms. The minimum Gasteiger partial charge on any atom is -0.367 e. The highest BCUT2D eigenvalue weighted by Gasteiger charge is 2.36. The highest BCUT2D eigenvalue weighted by Crippen LogP contribution is 2.37. The van der Waals surface area contributed by atoms with E-state index in [1.165, 1.54) is 19.3 Å². The molecule has 0 aliphatic heterocycles. The number of hydrogen-bond acceptors (Lipinski definition) is 4. The lowest BCUT2D eigenvalue weighted by atomic mass is 10.2. The van der Waals surface area contributed by atoms with Gasteiger partial charge in [-0.05, 0) is 37.8 Å². The molecule has 104 valence electrons. The van der Waals surface area contributed by atoms with Crippen molar-refractivity contribution in [2.45, 2.75) is 39.2 Å². The third kappa shape index (κ3) is 2.95. The summed E-state index contributed by atoms with van der Waals surface area (Å²) in [6, 6.07) is 6.50. The van der Waals surface area contributed by atoms with Crippen LogP contribution >= 0.6 is 0 Å². The van der Waals surface area contributed by atoms with Gasteiger partial charge in [-0.1, -0.05) is 13.3 Å². The number of hydrogen-bond donors (Lipinski definition) is 1. The predicted octanol–water partition coefficient (Wildman–Crippen LogP) is 3.45. The highest BCUT2D eigenvalue weighted by atomic mass is 15.1. The summed E-state index contributed by atoms with van der Waals surface area (Å²) in [5.41, 5.74) is 1.94. The highest BCUT2D eigenvalue weighted by molar-refractivity contribution is 5.56. The number of rotatable bonds is 5. The first-order valence-corrected chi connectivity index (χ1v) is 7.29. The lowest BCUT2D eigenvalue weighted by Crippen LogP contribution is -2.08. The smallest absolute Gasteiger partial charge is 0.163 e. The summed E-state index contributed by atoms with van der Waals surface area (Å²) in [6.45, 7) is 4.24. The van der Waals surface area contributed by atoms with Crippen LogP contribution in [-0.4, -0.2) is 21.0 Å². The van der Waals surface area contributed by atoms with Crippen LogP contribution in [0.3, 0.4) is 0 Å². The predicted molar refractivity (Wildman–Crippen MR) is 80.4 cm³/mol. The second-order valence-corrected chi connectivity index (χ2v) is 5.50. The van der Waals surface area contributed by atoms with Gasteiger partial charge in [0.1, 0.15) is 5.82 Å². The molecule has 0 radical (unpaired) electrons. The molecule has 2 unspecified atom stereocenters. The molecule has 2 atom stereocenters. The van der Waals surface area contributed by atoms with Crippen LogP contribution in [0.25, 0.3) is 11.4 Å². The number of pyridine rings is 1. The van der Waals surface area contributed by atoms with Gasteiger partial charge in [-0.15, -0.1) is 0 Å². The quantitative estimate of drug-likeness (QED) is 0.902. The summed E-state index contributed by atoms with van der Waals surface area (Å²) >= 11 is 0. The Balaban J connectivity index is 1.78. The van der Waals surface area contributed by atoms with Crippen molar-refractivity contribution >= 4 is 5.82 Å². The van der Waals surface area contributed by atoms with Crippen molar-refractivity contribution in [3.05, 3.63) is 36.3 Å². The molecule has 1 aliphatic rings. The number of anilines is 1. The number of aromatic nitrogens is 3. The fourth-order valence-corrected chi connectivity index (χ4v) is 2.57. The van der Waals surface area contributed by atoms with Crippen molar-refractivity contribution in [3.63, 3.8) is 0 Å². The summed E-state index contributed by atoms with van der Waals surface area (Å²) in [5.74, 6) is 2.49. The van der Waals surface area contributed by atoms with Crippen LogP contribution in [0.15, 0.2) is 30.6 Å². The summed E-state index contributed by atoms with van der Waals surface area (Å²) in [5, 5.41) is 3.53. The van der Waals surface area contributed by atoms with Gasteiger partial charge in [0, 0.05) is 35.8 Å². The third-order valence-corrected chi connectivity index (χ3v) is 3.69. The van der Waals surface area contributed by atoms with E-state index >= 15 is 0 Å². The third-order valence-electron chi connectivity index (χ3n) is 3.69. The lowest BCUT2D eigenvalue weighted by Gasteiger charge is -2.08. The van der Waals surface area contributed by atoms with Gasteiger partial charge >= 0.3 is 0 Å². The molecule has 2 aromatic rings. The van der Waals surface area contributed by atoms with Crippen molar-refractivity contribution < 1.29 is 0 Å². The van der Waals surface area contributed by atoms with Gasteiger partial charge in [0.25, 0.3) is 0 Å². The van der Waals surface area contributed by atoms with Gasteiger partial charge in [0.05, 0.1) is 0 Å². The first-order chi connectivity index (χ1) is 9.76. The largest absolute Gasteiger partial charge is 0.367 e. The topological polar surface area (TPSA) is 50.7 Å². The second-order valence-electron chi connectivity index (χ2n) is 5.50. The average Bonchev–Trinajstić information content (AvgIpc) is 3.17. The summed E-state index contributed by atoms with van der Waals surface area (Å²) in [4.78, 5) is 13.2. The van der Waals surface area contributed by atoms with Gasteiger partial charge in [-0.3, -0.25) is 4.98 Å². The molecule has 0 saturated heterocycles. The van der Waals surface area contributed by atoms with E-state index in [9.17, 15) is 0 Å². The normalized spacial score (nSPS) is 20.7. The molecule has 2 aromatic heterocycles. The molecule has 1 saturated carbocycles. The summed E-state index contributed by atoms with van der Waals surface area (Å²) in [6.07, 6.45) is 7.39. The zero-order valence-electron chi connectivity index (χ0n) is 12.0. The summed E-state index contributed by atoms with van der Waals surface area (Å²) in [7, 11) is 0. The molecule has 0 spiro atoms. The van der Waals surface area contributed by atoms with E-state index in [4.69, 9.17) is 0 Å². The van der Waals surface area contributed by atoms with E-state index in [-0.39, 0.29) is 0 Å². The zero-order chi connectivity index (χ0) is 13.9. The molecule has 1 aliphatic carbocycles. The SMILES string of the molecule is CCCC1CC1Nc1cc(C)nc(-c2cccnc2)n1. The van der Waals surface area contributed by atoms with Crippen LogP contribution in [0.5, 0.6) is 0 Å². The molecular weight excluding hydrogens is 248 g/mol. The summed E-state index contributed by atoms with van der Waals surface area (Å²) < 4.78 is 0. The zero-order valence-corrected chi connectivity index (χ0v) is 12.0. The van der Waals surface area contributed by atoms with Gasteiger partial charge in [-0.25, -0.2) is 9.97 Å². The Morgan fingerprint density at radius 1 is 1.35 bits per heavy atom. The van der Waals surface area contributed by atoms with Gasteiger partial charge in [0.15, 0.2) is 5.82 Å². The maximum Gasteiger partial charge on any atom is 0.163 e. The van der Waals surface area contributed by atoms with Crippen LogP contribution in [0.4, 0.5) is 5.82 Å². The van der Waals surface area contributed by atoms with Gasteiger partial charge in [0.2, 0.25) is 0 Å². The lowest BCUT2D eigenvalue weighted by molar-refractivity contribution is 0.692. The van der Waals surface area contributed by atoms with Crippen molar-refractivity contribution in [1.29, 1.82) is 0 Å². The van der Waals surface area contributed by atoms with Crippen molar-refractivity contribution in [2.75, 3.05) is 5.32 Å². The van der Waals surface area contributed by atoms with Crippen LogP contribution in [0, 0.1) is 12.8 Å². The standard InChI is InChI=1S/C16H20N4/c1-3-5-12-9-14(12)19-15-8-11(2)18-16(20-15)13-6-4-7-17-10-13/h4,6-8,10,12,14H,3,5,9H2,1-2H3,(H,18,19,20). The maximum atomic E-state index is 4.62. The fourth-order valence-electron chi connectivity index (χ4n) is 2.57. The molecule has 4 nitrogen and oxygen atoms in total. The van der Waals surface area contributed by atoms with Crippen LogP contribution < -0.4 is 5.32 Å². The fraction of sp³-hybridized carbons (Fsp3) is 0.438.